The lowest BCUT2D eigenvalue weighted by molar-refractivity contribution is 0.464. The van der Waals surface area contributed by atoms with E-state index in [9.17, 15) is 0 Å². The Morgan fingerprint density at radius 3 is 0.796 bits per heavy atom. The van der Waals surface area contributed by atoms with E-state index in [1.54, 1.807) is 0 Å². The Morgan fingerprint density at radius 2 is 0.490 bits per heavy atom. The minimum absolute atomic E-state index is 0.226. The standard InChI is InChI=1S/C86H66B3N5O4/c1-85(2,3)93-70-53-76-68(87-64-41-25-27-43-74(64)95-78-47-62(49-80(97-76)83(78)87)91(57-33-17-9-18-34-57)58-35-19-10-20-36-58)51-66(70)89-67-52-69-77(54-71(67)94(86(4,5)6)73-46-61(45-72(93)82(73)89)90(55-29-13-7-14-30-55)56-31-15-8-16-32-56)98-81-50-63(48-79-84(81)88(69)65-42-26-28-44-75(65)96-79)92(59-37-21-11-22-38-59)60-39-23-12-24-40-60/h7-54H,1-6H3. The minimum atomic E-state index is -0.466. The molecule has 0 saturated heterocycles. The summed E-state index contributed by atoms with van der Waals surface area (Å²) in [6.07, 6.45) is 0. The van der Waals surface area contributed by atoms with Gasteiger partial charge in [-0.2, -0.15) is 0 Å². The van der Waals surface area contributed by atoms with Crippen molar-refractivity contribution in [2.75, 3.05) is 24.5 Å². The molecule has 19 rings (SSSR count). The van der Waals surface area contributed by atoms with Crippen molar-refractivity contribution in [2.45, 2.75) is 52.6 Å². The fraction of sp³-hybridized carbons (Fsp3) is 0.0930. The normalized spacial score (nSPS) is 13.6. The summed E-state index contributed by atoms with van der Waals surface area (Å²) < 4.78 is 29.5. The van der Waals surface area contributed by atoms with E-state index in [1.165, 1.54) is 16.4 Å². The van der Waals surface area contributed by atoms with Gasteiger partial charge in [0.1, 0.15) is 46.0 Å². The lowest BCUT2D eigenvalue weighted by atomic mass is 9.29. The van der Waals surface area contributed by atoms with Crippen LogP contribution in [-0.4, -0.2) is 31.2 Å². The Bertz CT molecular complexity index is 4960. The van der Waals surface area contributed by atoms with E-state index in [-0.39, 0.29) is 20.1 Å². The first-order chi connectivity index (χ1) is 47.9. The van der Waals surface area contributed by atoms with Crippen LogP contribution in [0.2, 0.25) is 0 Å². The topological polar surface area (TPSA) is 53.1 Å². The van der Waals surface area contributed by atoms with Gasteiger partial charge in [-0.3, -0.25) is 0 Å². The Kier molecular flexibility index (Phi) is 12.9. The van der Waals surface area contributed by atoms with Crippen LogP contribution < -0.4 is 92.6 Å². The van der Waals surface area contributed by atoms with Gasteiger partial charge in [0.2, 0.25) is 0 Å². The minimum Gasteiger partial charge on any atom is -0.458 e. The van der Waals surface area contributed by atoms with Crippen LogP contribution in [0.5, 0.6) is 46.0 Å². The average Bonchev–Trinajstić information content (AvgIpc) is 0.684. The van der Waals surface area contributed by atoms with Crippen LogP contribution in [0.1, 0.15) is 41.5 Å². The van der Waals surface area contributed by atoms with E-state index in [1.807, 2.05) is 0 Å². The maximum absolute atomic E-state index is 7.61. The van der Waals surface area contributed by atoms with Gasteiger partial charge in [0.05, 0.1) is 17.1 Å². The number of nitrogens with zero attached hydrogens (tertiary/aromatic N) is 5. The second-order valence-corrected chi connectivity index (χ2v) is 28.3. The lowest BCUT2D eigenvalue weighted by Crippen LogP contribution is -2.68. The van der Waals surface area contributed by atoms with E-state index >= 15 is 0 Å². The smallest absolute Gasteiger partial charge is 0.260 e. The first-order valence-corrected chi connectivity index (χ1v) is 34.0. The van der Waals surface area contributed by atoms with Gasteiger partial charge in [-0.1, -0.05) is 158 Å². The SMILES string of the molecule is CC(C)(C)N1c2cc3c(cc2B2c4cc5c(cc4N(C(C)(C)C)c4cc(N(c6ccccc6)c6ccccc6)cc1c42)Oc1cc(N(c2ccccc2)c2ccccc2)cc2c1B5c1ccccc1O2)B1c2ccccc2Oc2cc(N(c4ccccc4)c4ccccc4)cc(c21)O3. The first-order valence-electron chi connectivity index (χ1n) is 34.0. The molecule has 0 fully saturated rings. The van der Waals surface area contributed by atoms with Crippen molar-refractivity contribution in [1.29, 1.82) is 0 Å². The van der Waals surface area contributed by atoms with Crippen molar-refractivity contribution in [3.05, 3.63) is 291 Å². The summed E-state index contributed by atoms with van der Waals surface area (Å²) in [6.45, 7) is 13.4. The molecule has 0 atom stereocenters. The molecule has 12 heteroatoms. The molecule has 0 N–H and O–H groups in total. The summed E-state index contributed by atoms with van der Waals surface area (Å²) >= 11 is 0. The van der Waals surface area contributed by atoms with Crippen LogP contribution in [0.3, 0.4) is 0 Å². The number of hydrogen-bond donors (Lipinski definition) is 0. The molecule has 0 aliphatic carbocycles. The van der Waals surface area contributed by atoms with Crippen molar-refractivity contribution in [3.63, 3.8) is 0 Å². The number of benzene rings is 13. The summed E-state index contributed by atoms with van der Waals surface area (Å²) in [7, 11) is 0. The maximum Gasteiger partial charge on any atom is 0.260 e. The highest BCUT2D eigenvalue weighted by atomic mass is 16.5. The van der Waals surface area contributed by atoms with Crippen molar-refractivity contribution in [3.8, 4) is 46.0 Å². The Balaban J connectivity index is 0.871. The van der Waals surface area contributed by atoms with Gasteiger partial charge < -0.3 is 43.4 Å². The van der Waals surface area contributed by atoms with Crippen molar-refractivity contribution >= 4 is 143 Å². The number of anilines is 13. The first kappa shape index (κ1) is 57.7. The Labute approximate surface area is 573 Å². The predicted octanol–water partition coefficient (Wildman–Crippen LogP) is 16.6. The number of para-hydroxylation sites is 8. The molecule has 0 amide bonds. The number of hydrogen-bond acceptors (Lipinski definition) is 9. The van der Waals surface area contributed by atoms with Gasteiger partial charge in [0.25, 0.3) is 20.1 Å². The molecule has 0 aromatic heterocycles. The molecule has 0 saturated carbocycles. The van der Waals surface area contributed by atoms with Crippen molar-refractivity contribution in [1.82, 2.24) is 0 Å². The second kappa shape index (κ2) is 21.9. The molecule has 0 spiro atoms. The van der Waals surface area contributed by atoms with Gasteiger partial charge in [0.15, 0.2) is 0 Å². The van der Waals surface area contributed by atoms with Crippen molar-refractivity contribution < 1.29 is 18.9 Å². The highest BCUT2D eigenvalue weighted by Gasteiger charge is 2.52. The van der Waals surface area contributed by atoms with E-state index in [2.05, 4.69) is 357 Å². The monoisotopic (exact) mass is 1270 g/mol. The van der Waals surface area contributed by atoms with Gasteiger partial charge in [0, 0.05) is 115 Å². The van der Waals surface area contributed by atoms with E-state index in [0.29, 0.717) is 0 Å². The summed E-state index contributed by atoms with van der Waals surface area (Å²) in [5.74, 6) is 6.34. The van der Waals surface area contributed by atoms with Gasteiger partial charge >= 0.3 is 0 Å². The van der Waals surface area contributed by atoms with E-state index in [4.69, 9.17) is 18.9 Å². The molecule has 0 radical (unpaired) electrons. The molecular formula is C86H66B3N5O4. The zero-order valence-electron chi connectivity index (χ0n) is 55.3. The molecule has 13 aromatic rings. The fourth-order valence-corrected chi connectivity index (χ4v) is 16.5. The van der Waals surface area contributed by atoms with Gasteiger partial charge in [-0.25, -0.2) is 0 Å². The molecular weight excluding hydrogens is 1200 g/mol. The molecule has 6 heterocycles. The molecule has 9 nitrogen and oxygen atoms in total. The van der Waals surface area contributed by atoms with Crippen molar-refractivity contribution in [2.24, 2.45) is 0 Å². The highest BCUT2D eigenvalue weighted by Crippen LogP contribution is 2.51. The van der Waals surface area contributed by atoms with Crippen LogP contribution in [0.4, 0.5) is 73.9 Å². The maximum atomic E-state index is 7.61. The average molecular weight is 1270 g/mol. The lowest BCUT2D eigenvalue weighted by Gasteiger charge is -2.52. The van der Waals surface area contributed by atoms with Crippen LogP contribution in [0, 0.1) is 0 Å². The molecule has 6 aliphatic heterocycles. The molecule has 468 valence electrons. The summed E-state index contributed by atoms with van der Waals surface area (Å²) in [6, 6.07) is 104. The zero-order chi connectivity index (χ0) is 65.7. The summed E-state index contributed by atoms with van der Waals surface area (Å²) in [5, 5.41) is 0. The third-order valence-corrected chi connectivity index (χ3v) is 20.2. The van der Waals surface area contributed by atoms with Crippen LogP contribution in [-0.2, 0) is 0 Å². The second-order valence-electron chi connectivity index (χ2n) is 28.3. The van der Waals surface area contributed by atoms with Gasteiger partial charge in [-0.15, -0.1) is 0 Å². The number of fused-ring (bicyclic) bond motifs is 12. The quantitative estimate of drug-likeness (QED) is 0.132. The fourth-order valence-electron chi connectivity index (χ4n) is 16.5. The Morgan fingerprint density at radius 1 is 0.224 bits per heavy atom. The number of ether oxygens (including phenoxy) is 4. The van der Waals surface area contributed by atoms with Gasteiger partial charge in [-0.05, 0) is 177 Å². The Hall–Kier alpha value is -11.7. The largest absolute Gasteiger partial charge is 0.458 e. The third-order valence-electron chi connectivity index (χ3n) is 20.2. The van der Waals surface area contributed by atoms with E-state index in [0.717, 1.165) is 153 Å². The molecule has 98 heavy (non-hydrogen) atoms. The number of rotatable bonds is 9. The zero-order valence-corrected chi connectivity index (χ0v) is 55.3. The third kappa shape index (κ3) is 9.03. The predicted molar refractivity (Wildman–Crippen MR) is 407 cm³/mol. The van der Waals surface area contributed by atoms with Crippen LogP contribution >= 0.6 is 0 Å². The molecule has 0 bridgehead atoms. The molecule has 13 aromatic carbocycles. The summed E-state index contributed by atoms with van der Waals surface area (Å²) in [4.78, 5) is 12.2. The van der Waals surface area contributed by atoms with E-state index < -0.39 is 11.1 Å². The molecule has 0 unspecified atom stereocenters. The summed E-state index contributed by atoms with van der Waals surface area (Å²) in [5.41, 5.74) is 22.7. The highest BCUT2D eigenvalue weighted by molar-refractivity contribution is 7.03. The van der Waals surface area contributed by atoms with Crippen LogP contribution in [0.25, 0.3) is 0 Å². The van der Waals surface area contributed by atoms with Crippen LogP contribution in [0.15, 0.2) is 291 Å². The molecule has 6 aliphatic rings.